The van der Waals surface area contributed by atoms with Gasteiger partial charge in [0.1, 0.15) is 5.84 Å². The van der Waals surface area contributed by atoms with E-state index in [9.17, 15) is 9.59 Å². The lowest BCUT2D eigenvalue weighted by atomic mass is 9.84. The van der Waals surface area contributed by atoms with Gasteiger partial charge in [-0.15, -0.1) is 0 Å². The second-order valence-corrected chi connectivity index (χ2v) is 12.2. The molecule has 7 nitrogen and oxygen atoms in total. The molecule has 0 spiro atoms. The molecule has 1 unspecified atom stereocenters. The van der Waals surface area contributed by atoms with Gasteiger partial charge in [0.15, 0.2) is 5.78 Å². The van der Waals surface area contributed by atoms with E-state index in [-0.39, 0.29) is 17.9 Å². The molecule has 2 aromatic rings. The highest BCUT2D eigenvalue weighted by molar-refractivity contribution is 5.98. The van der Waals surface area contributed by atoms with Crippen molar-refractivity contribution in [2.75, 3.05) is 12.4 Å². The Hall–Kier alpha value is -3.66. The van der Waals surface area contributed by atoms with Crippen molar-refractivity contribution in [2.24, 2.45) is 16.1 Å². The van der Waals surface area contributed by atoms with Crippen LogP contribution in [-0.2, 0) is 0 Å². The fourth-order valence-electron chi connectivity index (χ4n) is 4.85. The third-order valence-electron chi connectivity index (χ3n) is 7.34. The predicted molar refractivity (Wildman–Crippen MR) is 176 cm³/mol. The van der Waals surface area contributed by atoms with E-state index in [1.54, 1.807) is 25.2 Å². The minimum Gasteiger partial charge on any atom is -0.386 e. The average Bonchev–Trinajstić information content (AvgIpc) is 2.97. The number of Topliss-reactive ketones (excluding diaryl/α,β-unsaturated/α-hetero) is 1. The van der Waals surface area contributed by atoms with Crippen molar-refractivity contribution in [3.63, 3.8) is 0 Å². The summed E-state index contributed by atoms with van der Waals surface area (Å²) in [7, 11) is 1.58. The molecule has 1 aliphatic carbocycles. The second-order valence-electron chi connectivity index (χ2n) is 12.2. The molecule has 0 radical (unpaired) electrons. The zero-order valence-electron chi connectivity index (χ0n) is 27.1. The van der Waals surface area contributed by atoms with Crippen molar-refractivity contribution in [2.45, 2.75) is 112 Å². The first-order chi connectivity index (χ1) is 19.8. The van der Waals surface area contributed by atoms with Crippen molar-refractivity contribution in [3.05, 3.63) is 64.7 Å². The molecule has 2 amide bonds. The van der Waals surface area contributed by atoms with Crippen molar-refractivity contribution in [1.82, 2.24) is 5.32 Å². The summed E-state index contributed by atoms with van der Waals surface area (Å²) in [6.07, 6.45) is 10.1. The molecule has 4 N–H and O–H groups in total. The highest BCUT2D eigenvalue weighted by Gasteiger charge is 2.16. The molecule has 3 rings (SSSR count). The van der Waals surface area contributed by atoms with Gasteiger partial charge in [-0.25, -0.2) is 4.79 Å². The third-order valence-corrected chi connectivity index (χ3v) is 7.34. The van der Waals surface area contributed by atoms with E-state index >= 15 is 0 Å². The first kappa shape index (κ1) is 36.4. The van der Waals surface area contributed by atoms with Gasteiger partial charge in [-0.3, -0.25) is 9.79 Å². The lowest BCUT2D eigenvalue weighted by Gasteiger charge is -2.21. The van der Waals surface area contributed by atoms with E-state index in [0.717, 1.165) is 17.0 Å². The lowest BCUT2D eigenvalue weighted by Crippen LogP contribution is -2.45. The minimum atomic E-state index is -0.378. The Morgan fingerprint density at radius 2 is 1.69 bits per heavy atom. The van der Waals surface area contributed by atoms with Crippen LogP contribution in [-0.4, -0.2) is 30.7 Å². The molecule has 1 fully saturated rings. The average molecular weight is 576 g/mol. The molecule has 2 aromatic carbocycles. The number of hydrogen-bond donors (Lipinski definition) is 3. The van der Waals surface area contributed by atoms with Crippen LogP contribution in [0.4, 0.5) is 10.5 Å². The number of benzene rings is 2. The van der Waals surface area contributed by atoms with Crippen LogP contribution in [0.25, 0.3) is 0 Å². The van der Waals surface area contributed by atoms with Crippen molar-refractivity contribution < 1.29 is 9.59 Å². The molecule has 1 saturated carbocycles. The number of hydrogen-bond acceptors (Lipinski definition) is 4. The molecular formula is C35H53N5O2. The summed E-state index contributed by atoms with van der Waals surface area (Å²) < 4.78 is 0. The molecule has 0 heterocycles. The van der Waals surface area contributed by atoms with Crippen molar-refractivity contribution >= 4 is 23.3 Å². The van der Waals surface area contributed by atoms with E-state index in [4.69, 9.17) is 11.0 Å². The molecule has 0 aromatic heterocycles. The highest BCUT2D eigenvalue weighted by Crippen LogP contribution is 2.32. The number of aryl methyl sites for hydroxylation is 1. The number of urea groups is 1. The maximum absolute atomic E-state index is 12.0. The Labute approximate surface area is 254 Å². The number of ketones is 1. The van der Waals surface area contributed by atoms with Gasteiger partial charge in [0.2, 0.25) is 0 Å². The zero-order chi connectivity index (χ0) is 31.7. The fraction of sp³-hybridized carbons (Fsp3) is 0.543. The topological polar surface area (TPSA) is 120 Å². The third kappa shape index (κ3) is 13.8. The number of carbonyl (C=O) groups is 2. The number of aliphatic imine (C=N–C) groups is 1. The fourth-order valence-corrected chi connectivity index (χ4v) is 4.85. The zero-order valence-corrected chi connectivity index (χ0v) is 27.1. The number of anilines is 1. The Bertz CT molecular complexity index is 1180. The van der Waals surface area contributed by atoms with E-state index in [2.05, 4.69) is 61.5 Å². The number of nitrogens with one attached hydrogen (secondary N) is 2. The SMILES string of the molecule is CCC(NC(=O)Nc1cc(C(C)=O)ccc1C)C(N)=NC.CCCC(C)(C)C.N#Cc1ccc(C2CCCCC2)cc1. The van der Waals surface area contributed by atoms with Crippen LogP contribution in [0.2, 0.25) is 0 Å². The molecule has 1 atom stereocenters. The molecular weight excluding hydrogens is 522 g/mol. The van der Waals surface area contributed by atoms with Gasteiger partial charge in [0.25, 0.3) is 0 Å². The first-order valence-electron chi connectivity index (χ1n) is 15.3. The van der Waals surface area contributed by atoms with Crippen LogP contribution < -0.4 is 16.4 Å². The smallest absolute Gasteiger partial charge is 0.319 e. The van der Waals surface area contributed by atoms with Crippen LogP contribution in [0.1, 0.15) is 126 Å². The summed E-state index contributed by atoms with van der Waals surface area (Å²) in [5.74, 6) is 1.07. The van der Waals surface area contributed by atoms with E-state index in [1.165, 1.54) is 57.4 Å². The van der Waals surface area contributed by atoms with Crippen molar-refractivity contribution in [3.8, 4) is 6.07 Å². The summed E-state index contributed by atoms with van der Waals surface area (Å²) in [5, 5.41) is 14.2. The van der Waals surface area contributed by atoms with Crippen molar-refractivity contribution in [1.29, 1.82) is 5.26 Å². The van der Waals surface area contributed by atoms with Gasteiger partial charge in [0, 0.05) is 18.3 Å². The summed E-state index contributed by atoms with van der Waals surface area (Å²) in [6, 6.07) is 14.8. The van der Waals surface area contributed by atoms with Crippen LogP contribution in [0, 0.1) is 23.7 Å². The van der Waals surface area contributed by atoms with Gasteiger partial charge in [-0.2, -0.15) is 5.26 Å². The van der Waals surface area contributed by atoms with Gasteiger partial charge in [0.05, 0.1) is 17.7 Å². The Balaban J connectivity index is 0.000000358. The normalized spacial score (nSPS) is 14.2. The number of rotatable bonds is 7. The number of amides is 2. The molecule has 1 aliphatic rings. The highest BCUT2D eigenvalue weighted by atomic mass is 16.2. The second kappa shape index (κ2) is 18.7. The predicted octanol–water partition coefficient (Wildman–Crippen LogP) is 8.52. The number of nitrogens with zero attached hydrogens (tertiary/aromatic N) is 2. The van der Waals surface area contributed by atoms with E-state index in [0.29, 0.717) is 28.9 Å². The monoisotopic (exact) mass is 575 g/mol. The molecule has 0 bridgehead atoms. The Morgan fingerprint density at radius 3 is 2.14 bits per heavy atom. The van der Waals surface area contributed by atoms with E-state index < -0.39 is 0 Å². The molecule has 0 saturated heterocycles. The maximum atomic E-state index is 12.0. The van der Waals surface area contributed by atoms with Crippen LogP contribution in [0.15, 0.2) is 47.5 Å². The van der Waals surface area contributed by atoms with Gasteiger partial charge >= 0.3 is 6.03 Å². The lowest BCUT2D eigenvalue weighted by molar-refractivity contribution is 0.101. The van der Waals surface area contributed by atoms with E-state index in [1.807, 2.05) is 26.0 Å². The molecule has 7 heteroatoms. The van der Waals surface area contributed by atoms with Gasteiger partial charge in [-0.1, -0.05) is 84.6 Å². The molecule has 42 heavy (non-hydrogen) atoms. The van der Waals surface area contributed by atoms with Crippen LogP contribution >= 0.6 is 0 Å². The largest absolute Gasteiger partial charge is 0.386 e. The number of amidine groups is 1. The standard InChI is InChI=1S/C15H22N4O2.C13H15N.C7H16/c1-5-12(14(16)17-4)18-15(21)19-13-8-11(10(3)20)7-6-9(13)2;14-10-11-6-8-13(9-7-11)12-4-2-1-3-5-12;1-5-6-7(2,3)4/h6-8,12H,5H2,1-4H3,(H2,16,17)(H2,18,19,21);6-9,12H,1-5H2;5-6H2,1-4H3. The number of nitriles is 1. The van der Waals surface area contributed by atoms with Crippen LogP contribution in [0.5, 0.6) is 0 Å². The number of nitrogens with two attached hydrogens (primary N) is 1. The Morgan fingerprint density at radius 1 is 1.07 bits per heavy atom. The summed E-state index contributed by atoms with van der Waals surface area (Å²) in [6.45, 7) is 14.3. The first-order valence-corrected chi connectivity index (χ1v) is 15.3. The van der Waals surface area contributed by atoms with Gasteiger partial charge < -0.3 is 16.4 Å². The number of carbonyl (C=O) groups excluding carboxylic acids is 2. The Kier molecular flexibility index (Phi) is 16.2. The minimum absolute atomic E-state index is 0.0488. The molecule has 230 valence electrons. The maximum Gasteiger partial charge on any atom is 0.319 e. The summed E-state index contributed by atoms with van der Waals surface area (Å²) >= 11 is 0. The molecule has 0 aliphatic heterocycles. The van der Waals surface area contributed by atoms with Crippen LogP contribution in [0.3, 0.4) is 0 Å². The quantitative estimate of drug-likeness (QED) is 0.174. The van der Waals surface area contributed by atoms with Gasteiger partial charge in [-0.05, 0) is 80.2 Å². The summed E-state index contributed by atoms with van der Waals surface area (Å²) in [4.78, 5) is 27.3. The summed E-state index contributed by atoms with van der Waals surface area (Å²) in [5.41, 5.74) is 10.5.